The van der Waals surface area contributed by atoms with Crippen LogP contribution < -0.4 is 10.1 Å². The highest BCUT2D eigenvalue weighted by Gasteiger charge is 2.06. The Balaban J connectivity index is 2.36. The summed E-state index contributed by atoms with van der Waals surface area (Å²) in [5.41, 5.74) is 2.85. The summed E-state index contributed by atoms with van der Waals surface area (Å²) in [7, 11) is 0. The fourth-order valence-electron chi connectivity index (χ4n) is 2.03. The largest absolute Gasteiger partial charge is 0.491 e. The fraction of sp³-hybridized carbons (Fsp3) is 0.158. The standard InChI is InChI=1S/C19H17N3O/c1-2-10-23-19-9-8-17(16-6-4-3-5-7-16)11-18(19)22-14-15(12-20)13-21/h3-9,11,14,22H,2,10H2,1H3. The van der Waals surface area contributed by atoms with E-state index in [1.54, 1.807) is 0 Å². The van der Waals surface area contributed by atoms with Crippen molar-refractivity contribution in [1.29, 1.82) is 10.5 Å². The van der Waals surface area contributed by atoms with E-state index in [4.69, 9.17) is 15.3 Å². The molecule has 0 unspecified atom stereocenters. The van der Waals surface area contributed by atoms with Gasteiger partial charge < -0.3 is 10.1 Å². The van der Waals surface area contributed by atoms with E-state index in [1.807, 2.05) is 67.6 Å². The predicted octanol–water partition coefficient (Wildman–Crippen LogP) is 4.49. The minimum Gasteiger partial charge on any atom is -0.491 e. The molecule has 4 heteroatoms. The lowest BCUT2D eigenvalue weighted by Crippen LogP contribution is -2.00. The van der Waals surface area contributed by atoms with E-state index in [9.17, 15) is 0 Å². The molecule has 23 heavy (non-hydrogen) atoms. The Morgan fingerprint density at radius 2 is 1.83 bits per heavy atom. The smallest absolute Gasteiger partial charge is 0.145 e. The van der Waals surface area contributed by atoms with Gasteiger partial charge in [-0.3, -0.25) is 0 Å². The maximum Gasteiger partial charge on any atom is 0.145 e. The number of rotatable bonds is 6. The summed E-state index contributed by atoms with van der Waals surface area (Å²) in [6.07, 6.45) is 2.29. The zero-order valence-electron chi connectivity index (χ0n) is 12.9. The second kappa shape index (κ2) is 8.26. The zero-order valence-corrected chi connectivity index (χ0v) is 12.9. The lowest BCUT2D eigenvalue weighted by Gasteiger charge is -2.13. The highest BCUT2D eigenvalue weighted by molar-refractivity contribution is 5.72. The van der Waals surface area contributed by atoms with Crippen LogP contribution in [-0.4, -0.2) is 6.61 Å². The maximum absolute atomic E-state index is 8.84. The van der Waals surface area contributed by atoms with E-state index >= 15 is 0 Å². The van der Waals surface area contributed by atoms with Crippen molar-refractivity contribution in [1.82, 2.24) is 0 Å². The Morgan fingerprint density at radius 1 is 1.09 bits per heavy atom. The van der Waals surface area contributed by atoms with Gasteiger partial charge in [0.1, 0.15) is 23.5 Å². The Morgan fingerprint density at radius 3 is 2.48 bits per heavy atom. The van der Waals surface area contributed by atoms with Crippen LogP contribution in [0, 0.1) is 22.7 Å². The number of anilines is 1. The molecular formula is C19H17N3O. The highest BCUT2D eigenvalue weighted by Crippen LogP contribution is 2.31. The number of hydrogen-bond acceptors (Lipinski definition) is 4. The van der Waals surface area contributed by atoms with Crippen molar-refractivity contribution in [2.24, 2.45) is 0 Å². The van der Waals surface area contributed by atoms with Gasteiger partial charge in [0.2, 0.25) is 0 Å². The van der Waals surface area contributed by atoms with Crippen LogP contribution in [0.2, 0.25) is 0 Å². The molecule has 0 fully saturated rings. The normalized spacial score (nSPS) is 9.35. The van der Waals surface area contributed by atoms with Crippen molar-refractivity contribution in [3.63, 3.8) is 0 Å². The van der Waals surface area contributed by atoms with Crippen molar-refractivity contribution in [2.75, 3.05) is 11.9 Å². The molecule has 2 aromatic carbocycles. The minimum atomic E-state index is 0.0107. The van der Waals surface area contributed by atoms with Gasteiger partial charge in [-0.05, 0) is 29.7 Å². The Hall–Kier alpha value is -3.24. The molecule has 0 atom stereocenters. The van der Waals surface area contributed by atoms with Crippen LogP contribution >= 0.6 is 0 Å². The maximum atomic E-state index is 8.84. The summed E-state index contributed by atoms with van der Waals surface area (Å²) < 4.78 is 5.72. The third kappa shape index (κ3) is 4.36. The van der Waals surface area contributed by atoms with E-state index < -0.39 is 0 Å². The molecule has 0 saturated carbocycles. The molecule has 0 heterocycles. The first kappa shape index (κ1) is 16.1. The van der Waals surface area contributed by atoms with Crippen molar-refractivity contribution < 1.29 is 4.74 Å². The molecule has 0 aliphatic carbocycles. The SMILES string of the molecule is CCCOc1ccc(-c2ccccc2)cc1NC=C(C#N)C#N. The first-order chi connectivity index (χ1) is 11.3. The number of nitriles is 2. The highest BCUT2D eigenvalue weighted by atomic mass is 16.5. The molecule has 114 valence electrons. The number of nitrogens with zero attached hydrogens (tertiary/aromatic N) is 2. The summed E-state index contributed by atoms with van der Waals surface area (Å²) in [5, 5.41) is 20.7. The predicted molar refractivity (Wildman–Crippen MR) is 90.6 cm³/mol. The number of hydrogen-bond donors (Lipinski definition) is 1. The molecular weight excluding hydrogens is 286 g/mol. The quantitative estimate of drug-likeness (QED) is 0.798. The number of allylic oxidation sites excluding steroid dienone is 1. The molecule has 0 aromatic heterocycles. The van der Waals surface area contributed by atoms with E-state index in [-0.39, 0.29) is 5.57 Å². The van der Waals surface area contributed by atoms with Crippen LogP contribution in [0.4, 0.5) is 5.69 Å². The molecule has 0 bridgehead atoms. The van der Waals surface area contributed by atoms with Crippen LogP contribution in [0.1, 0.15) is 13.3 Å². The van der Waals surface area contributed by atoms with Crippen LogP contribution in [0.25, 0.3) is 11.1 Å². The van der Waals surface area contributed by atoms with Crippen molar-refractivity contribution >= 4 is 5.69 Å². The first-order valence-corrected chi connectivity index (χ1v) is 7.37. The van der Waals surface area contributed by atoms with Gasteiger partial charge in [0.15, 0.2) is 0 Å². The van der Waals surface area contributed by atoms with E-state index in [2.05, 4.69) is 5.32 Å². The zero-order chi connectivity index (χ0) is 16.5. The molecule has 0 aliphatic rings. The molecule has 0 aliphatic heterocycles. The second-order valence-electron chi connectivity index (χ2n) is 4.85. The van der Waals surface area contributed by atoms with Gasteiger partial charge in [0, 0.05) is 6.20 Å². The molecule has 0 spiro atoms. The Kier molecular flexibility index (Phi) is 5.80. The minimum absolute atomic E-state index is 0.0107. The third-order valence-electron chi connectivity index (χ3n) is 3.16. The van der Waals surface area contributed by atoms with Gasteiger partial charge in [0.05, 0.1) is 12.3 Å². The van der Waals surface area contributed by atoms with Gasteiger partial charge in [-0.25, -0.2) is 0 Å². The van der Waals surface area contributed by atoms with Gasteiger partial charge >= 0.3 is 0 Å². The molecule has 2 rings (SSSR count). The fourth-order valence-corrected chi connectivity index (χ4v) is 2.03. The molecule has 1 N–H and O–H groups in total. The van der Waals surface area contributed by atoms with Crippen molar-refractivity contribution in [3.8, 4) is 29.0 Å². The molecule has 0 saturated heterocycles. The first-order valence-electron chi connectivity index (χ1n) is 7.37. The summed E-state index contributed by atoms with van der Waals surface area (Å²) >= 11 is 0. The van der Waals surface area contributed by atoms with E-state index in [0.29, 0.717) is 12.4 Å². The Bertz CT molecular complexity index is 751. The van der Waals surface area contributed by atoms with Crippen LogP contribution in [-0.2, 0) is 0 Å². The molecule has 4 nitrogen and oxygen atoms in total. The molecule has 0 amide bonds. The lowest BCUT2D eigenvalue weighted by atomic mass is 10.0. The number of ether oxygens (including phenoxy) is 1. The van der Waals surface area contributed by atoms with Gasteiger partial charge in [-0.2, -0.15) is 10.5 Å². The van der Waals surface area contributed by atoms with E-state index in [0.717, 1.165) is 23.2 Å². The topological polar surface area (TPSA) is 68.8 Å². The Labute approximate surface area is 136 Å². The average Bonchev–Trinajstić information content (AvgIpc) is 2.62. The van der Waals surface area contributed by atoms with Crippen LogP contribution in [0.3, 0.4) is 0 Å². The van der Waals surface area contributed by atoms with Gasteiger partial charge in [-0.15, -0.1) is 0 Å². The van der Waals surface area contributed by atoms with Crippen LogP contribution in [0.15, 0.2) is 60.3 Å². The summed E-state index contributed by atoms with van der Waals surface area (Å²) in [6.45, 7) is 2.64. The monoisotopic (exact) mass is 303 g/mol. The van der Waals surface area contributed by atoms with Crippen LogP contribution in [0.5, 0.6) is 5.75 Å². The summed E-state index contributed by atoms with van der Waals surface area (Å²) in [4.78, 5) is 0. The number of nitrogens with one attached hydrogen (secondary N) is 1. The lowest BCUT2D eigenvalue weighted by molar-refractivity contribution is 0.319. The van der Waals surface area contributed by atoms with Crippen molar-refractivity contribution in [3.05, 3.63) is 60.3 Å². The van der Waals surface area contributed by atoms with Gasteiger partial charge in [-0.1, -0.05) is 43.3 Å². The summed E-state index contributed by atoms with van der Waals surface area (Å²) in [5.74, 6) is 0.693. The molecule has 0 radical (unpaired) electrons. The van der Waals surface area contributed by atoms with E-state index in [1.165, 1.54) is 6.20 Å². The van der Waals surface area contributed by atoms with Crippen molar-refractivity contribution in [2.45, 2.75) is 13.3 Å². The van der Waals surface area contributed by atoms with Gasteiger partial charge in [0.25, 0.3) is 0 Å². The average molecular weight is 303 g/mol. The second-order valence-corrected chi connectivity index (χ2v) is 4.85. The molecule has 2 aromatic rings. The third-order valence-corrected chi connectivity index (χ3v) is 3.16. The number of benzene rings is 2. The summed E-state index contributed by atoms with van der Waals surface area (Å²) in [6, 6.07) is 19.5.